The molecule has 3 N–H and O–H groups in total. The number of hydrazine groups is 1. The zero-order valence-corrected chi connectivity index (χ0v) is 34.5. The number of alkyl halides is 3. The number of allylic oxidation sites excluding steroid dienone is 3. The molecular weight excluding hydrogens is 732 g/mol. The minimum atomic E-state index is -3.15. The van der Waals surface area contributed by atoms with Crippen LogP contribution < -0.4 is 11.1 Å². The van der Waals surface area contributed by atoms with Gasteiger partial charge in [-0.1, -0.05) is 50.8 Å². The van der Waals surface area contributed by atoms with Crippen molar-refractivity contribution in [2.24, 2.45) is 10.7 Å². The predicted octanol–water partition coefficient (Wildman–Crippen LogP) is 11.1. The normalized spacial score (nSPS) is 23.2. The Kier molecular flexibility index (Phi) is 11.9. The lowest BCUT2D eigenvalue weighted by Gasteiger charge is -2.60. The summed E-state index contributed by atoms with van der Waals surface area (Å²) in [6.45, 7) is 21.1. The Labute approximate surface area is 335 Å². The summed E-state index contributed by atoms with van der Waals surface area (Å²) in [7, 11) is 1.96. The molecule has 2 atom stereocenters. The highest BCUT2D eigenvalue weighted by Crippen LogP contribution is 2.49. The van der Waals surface area contributed by atoms with Crippen molar-refractivity contribution < 1.29 is 22.0 Å². The molecule has 6 rings (SSSR count). The number of fused-ring (bicyclic) bond motifs is 2. The number of nitrogens with one attached hydrogen (secondary N) is 1. The molecule has 3 aliphatic heterocycles. The van der Waals surface area contributed by atoms with E-state index in [4.69, 9.17) is 5.73 Å². The van der Waals surface area contributed by atoms with Gasteiger partial charge in [0.05, 0.1) is 29.1 Å². The molecule has 2 saturated heterocycles. The molecule has 1 spiro atoms. The second-order valence-corrected chi connectivity index (χ2v) is 17.1. The van der Waals surface area contributed by atoms with Gasteiger partial charge in [-0.25, -0.2) is 27.0 Å². The first-order valence-electron chi connectivity index (χ1n) is 20.2. The molecule has 0 aromatic heterocycles. The van der Waals surface area contributed by atoms with Crippen molar-refractivity contribution in [3.05, 3.63) is 118 Å². The fourth-order valence-electron chi connectivity index (χ4n) is 9.64. The van der Waals surface area contributed by atoms with Crippen LogP contribution >= 0.6 is 0 Å². The molecule has 3 fully saturated rings. The number of hydrogen-bond donors (Lipinski definition) is 2. The molecule has 2 aromatic rings. The maximum Gasteiger partial charge on any atom is 0.270 e. The number of aryl methyl sites for hydroxylation is 1. The number of benzene rings is 2. The lowest BCUT2D eigenvalue weighted by atomic mass is 9.74. The SMILES string of the molecule is C=C(Nc1ccc(C(C)(F)F)cc1C(=C)/C=C(\N=CC)C(C)(C)F)C1=C(C)C2(CCCC2)N(C)N(Cc2ccc(CCCN3C4CCCC3(N)C4)c(F)c2F)C1=C. The first-order chi connectivity index (χ1) is 26.7. The van der Waals surface area contributed by atoms with Crippen molar-refractivity contribution in [2.75, 3.05) is 18.9 Å². The Balaban J connectivity index is 1.28. The lowest BCUT2D eigenvalue weighted by Crippen LogP contribution is -2.73. The third kappa shape index (κ3) is 8.17. The van der Waals surface area contributed by atoms with Crippen molar-refractivity contribution in [3.63, 3.8) is 0 Å². The second-order valence-electron chi connectivity index (χ2n) is 17.1. The zero-order valence-electron chi connectivity index (χ0n) is 34.5. The predicted molar refractivity (Wildman–Crippen MR) is 222 cm³/mol. The van der Waals surface area contributed by atoms with Crippen molar-refractivity contribution in [1.29, 1.82) is 0 Å². The molecule has 2 aromatic carbocycles. The standard InChI is InChI=1S/C46H59F5N6/c1-10-53-39(43(6,7)49)25-29(2)37-26-35(44(8,50)51)19-20-38(37)54-31(4)40-30(3)45(21-11-12-22-45)55(9)57(32(40)5)28-34-18-17-33(41(47)42(34)48)15-14-24-56-36-16-13-23-46(56,52)27-36/h10,17-20,25-26,36,54H,2,4-5,11-16,21-24,27-28,52H2,1,3,6-9H3/b39-25-,53-10?. The number of nitrogens with zero attached hydrogens (tertiary/aromatic N) is 4. The quantitative estimate of drug-likeness (QED) is 0.113. The molecule has 57 heavy (non-hydrogen) atoms. The van der Waals surface area contributed by atoms with Crippen LogP contribution in [0.3, 0.4) is 0 Å². The molecule has 6 nitrogen and oxygen atoms in total. The number of piperidine rings is 1. The molecule has 0 amide bonds. The van der Waals surface area contributed by atoms with Gasteiger partial charge in [-0.05, 0) is 114 Å². The monoisotopic (exact) mass is 790 g/mol. The summed E-state index contributed by atoms with van der Waals surface area (Å²) in [5, 5.41) is 7.36. The molecular formula is C46H59F5N6. The van der Waals surface area contributed by atoms with Gasteiger partial charge in [-0.3, -0.25) is 9.89 Å². The van der Waals surface area contributed by atoms with Gasteiger partial charge >= 0.3 is 0 Å². The maximum atomic E-state index is 16.0. The highest BCUT2D eigenvalue weighted by Gasteiger charge is 2.51. The van der Waals surface area contributed by atoms with Gasteiger partial charge < -0.3 is 16.1 Å². The number of aliphatic imine (C=N–C) groups is 1. The fourth-order valence-corrected chi connectivity index (χ4v) is 9.64. The smallest absolute Gasteiger partial charge is 0.270 e. The van der Waals surface area contributed by atoms with Gasteiger partial charge in [0.25, 0.3) is 5.92 Å². The minimum absolute atomic E-state index is 0.0300. The Morgan fingerprint density at radius 1 is 1.02 bits per heavy atom. The summed E-state index contributed by atoms with van der Waals surface area (Å²) in [6.07, 6.45) is 11.9. The number of nitrogens with two attached hydrogens (primary N) is 1. The van der Waals surface area contributed by atoms with Crippen LogP contribution in [-0.2, 0) is 18.9 Å². The average molecular weight is 791 g/mol. The molecule has 1 aliphatic carbocycles. The Bertz CT molecular complexity index is 2010. The first kappa shape index (κ1) is 42.5. The molecule has 3 heterocycles. The van der Waals surface area contributed by atoms with E-state index in [1.165, 1.54) is 44.3 Å². The Hall–Kier alpha value is -4.06. The van der Waals surface area contributed by atoms with Crippen molar-refractivity contribution in [1.82, 2.24) is 14.9 Å². The van der Waals surface area contributed by atoms with E-state index in [0.29, 0.717) is 52.7 Å². The van der Waals surface area contributed by atoms with Crippen LogP contribution in [0.2, 0.25) is 0 Å². The number of rotatable bonds is 14. The van der Waals surface area contributed by atoms with E-state index < -0.39 is 28.8 Å². The average Bonchev–Trinajstić information content (AvgIpc) is 3.64. The summed E-state index contributed by atoms with van der Waals surface area (Å²) in [4.78, 5) is 6.53. The van der Waals surface area contributed by atoms with Gasteiger partial charge in [-0.2, -0.15) is 0 Å². The van der Waals surface area contributed by atoms with E-state index in [0.717, 1.165) is 70.4 Å². The Morgan fingerprint density at radius 3 is 2.30 bits per heavy atom. The third-order valence-electron chi connectivity index (χ3n) is 12.9. The van der Waals surface area contributed by atoms with Gasteiger partial charge in [0, 0.05) is 66.4 Å². The summed E-state index contributed by atoms with van der Waals surface area (Å²) < 4.78 is 76.2. The minimum Gasteiger partial charge on any atom is -0.355 e. The van der Waals surface area contributed by atoms with E-state index in [1.807, 2.05) is 19.0 Å². The number of halogens is 5. The first-order valence-corrected chi connectivity index (χ1v) is 20.2. The molecule has 2 unspecified atom stereocenters. The van der Waals surface area contributed by atoms with Gasteiger partial charge in [0.15, 0.2) is 11.6 Å². The number of hydrogen-bond acceptors (Lipinski definition) is 6. The lowest BCUT2D eigenvalue weighted by molar-refractivity contribution is -0.109. The number of likely N-dealkylation sites (N-methyl/N-ethyl adjacent to an activating group) is 1. The van der Waals surface area contributed by atoms with Crippen LogP contribution in [-0.4, -0.2) is 57.6 Å². The zero-order chi connectivity index (χ0) is 41.7. The second kappa shape index (κ2) is 15.9. The summed E-state index contributed by atoms with van der Waals surface area (Å²) >= 11 is 0. The summed E-state index contributed by atoms with van der Waals surface area (Å²) in [5.41, 5.74) is 8.19. The van der Waals surface area contributed by atoms with E-state index in [9.17, 15) is 8.78 Å². The van der Waals surface area contributed by atoms with E-state index in [1.54, 1.807) is 19.1 Å². The van der Waals surface area contributed by atoms with Crippen LogP contribution in [0.25, 0.3) is 5.57 Å². The number of anilines is 1. The molecule has 11 heteroatoms. The van der Waals surface area contributed by atoms with Gasteiger partial charge in [-0.15, -0.1) is 0 Å². The molecule has 308 valence electrons. The van der Waals surface area contributed by atoms with Gasteiger partial charge in [0.2, 0.25) is 0 Å². The van der Waals surface area contributed by atoms with Gasteiger partial charge in [0.1, 0.15) is 5.67 Å². The van der Waals surface area contributed by atoms with Crippen molar-refractivity contribution >= 4 is 17.5 Å². The molecule has 4 aliphatic rings. The fraction of sp³-hybridized carbons (Fsp3) is 0.500. The topological polar surface area (TPSA) is 60.1 Å². The van der Waals surface area contributed by atoms with Crippen LogP contribution in [0.15, 0.2) is 89.4 Å². The van der Waals surface area contributed by atoms with E-state index in [2.05, 4.69) is 40.0 Å². The highest BCUT2D eigenvalue weighted by molar-refractivity contribution is 5.83. The molecule has 2 bridgehead atoms. The van der Waals surface area contributed by atoms with Crippen LogP contribution in [0.4, 0.5) is 27.6 Å². The van der Waals surface area contributed by atoms with E-state index in [-0.39, 0.29) is 34.6 Å². The van der Waals surface area contributed by atoms with Crippen LogP contribution in [0, 0.1) is 11.6 Å². The molecule has 1 saturated carbocycles. The largest absolute Gasteiger partial charge is 0.355 e. The van der Waals surface area contributed by atoms with Crippen molar-refractivity contribution in [3.8, 4) is 0 Å². The Morgan fingerprint density at radius 2 is 1.68 bits per heavy atom. The van der Waals surface area contributed by atoms with Crippen LogP contribution in [0.1, 0.15) is 115 Å². The summed E-state index contributed by atoms with van der Waals surface area (Å²) in [6, 6.07) is 8.08. The van der Waals surface area contributed by atoms with E-state index >= 15 is 13.2 Å². The molecule has 0 radical (unpaired) electrons. The summed E-state index contributed by atoms with van der Waals surface area (Å²) in [5.74, 6) is -4.85. The van der Waals surface area contributed by atoms with Crippen molar-refractivity contribution in [2.45, 2.75) is 134 Å². The highest BCUT2D eigenvalue weighted by atomic mass is 19.3. The third-order valence-corrected chi connectivity index (χ3v) is 12.9. The maximum absolute atomic E-state index is 16.0. The van der Waals surface area contributed by atoms with Crippen LogP contribution in [0.5, 0.6) is 0 Å².